The standard InChI is InChI=1S/C27H24N2O7/c1-34-26(32)16-10-11-28-24(12-16)36-17-13-23(25(30)31)29(14-17)27(33)35-15-22-20-8-4-2-6-18(20)19-7-3-5-9-21(19)22/h2-12,17,22-23H,13-15H2,1H3,(H,30,31). The van der Waals surface area contributed by atoms with Crippen LogP contribution in [0.4, 0.5) is 4.79 Å². The van der Waals surface area contributed by atoms with E-state index in [0.717, 1.165) is 22.3 Å². The zero-order chi connectivity index (χ0) is 25.2. The van der Waals surface area contributed by atoms with Gasteiger partial charge in [0.15, 0.2) is 0 Å². The zero-order valence-corrected chi connectivity index (χ0v) is 19.5. The number of hydrogen-bond donors (Lipinski definition) is 1. The van der Waals surface area contributed by atoms with Crippen LogP contribution in [0.15, 0.2) is 66.9 Å². The average molecular weight is 488 g/mol. The second-order valence-electron chi connectivity index (χ2n) is 8.66. The number of methoxy groups -OCH3 is 1. The van der Waals surface area contributed by atoms with Crippen LogP contribution in [-0.4, -0.2) is 65.4 Å². The molecule has 3 aromatic rings. The molecule has 0 saturated carbocycles. The normalized spacial score (nSPS) is 18.3. The summed E-state index contributed by atoms with van der Waals surface area (Å²) in [5, 5.41) is 9.72. The number of esters is 1. The minimum Gasteiger partial charge on any atom is -0.480 e. The van der Waals surface area contributed by atoms with Gasteiger partial charge in [-0.05, 0) is 28.3 Å². The number of rotatable bonds is 6. The molecule has 1 aromatic heterocycles. The number of carboxylic acid groups (broad SMARTS) is 1. The zero-order valence-electron chi connectivity index (χ0n) is 19.5. The van der Waals surface area contributed by atoms with Gasteiger partial charge in [-0.15, -0.1) is 0 Å². The molecule has 9 nitrogen and oxygen atoms in total. The fraction of sp³-hybridized carbons (Fsp3) is 0.259. The Morgan fingerprint density at radius 3 is 2.33 bits per heavy atom. The molecule has 1 saturated heterocycles. The van der Waals surface area contributed by atoms with E-state index >= 15 is 0 Å². The van der Waals surface area contributed by atoms with E-state index in [2.05, 4.69) is 4.98 Å². The van der Waals surface area contributed by atoms with Gasteiger partial charge in [-0.2, -0.15) is 0 Å². The lowest BCUT2D eigenvalue weighted by Gasteiger charge is -2.22. The molecule has 184 valence electrons. The first-order chi connectivity index (χ1) is 17.5. The van der Waals surface area contributed by atoms with Gasteiger partial charge in [-0.1, -0.05) is 48.5 Å². The van der Waals surface area contributed by atoms with Crippen LogP contribution < -0.4 is 4.74 Å². The van der Waals surface area contributed by atoms with Gasteiger partial charge in [0.25, 0.3) is 0 Å². The summed E-state index contributed by atoms with van der Waals surface area (Å²) >= 11 is 0. The Bertz CT molecular complexity index is 1280. The number of carbonyl (C=O) groups excluding carboxylic acids is 2. The van der Waals surface area contributed by atoms with Crippen molar-refractivity contribution in [2.24, 2.45) is 0 Å². The quantitative estimate of drug-likeness (QED) is 0.522. The van der Waals surface area contributed by atoms with Gasteiger partial charge in [0.2, 0.25) is 5.88 Å². The number of carboxylic acids is 1. The Kier molecular flexibility index (Phi) is 6.28. The average Bonchev–Trinajstić information content (AvgIpc) is 3.46. The molecule has 1 aliphatic heterocycles. The maximum Gasteiger partial charge on any atom is 0.410 e. The summed E-state index contributed by atoms with van der Waals surface area (Å²) in [5.41, 5.74) is 4.60. The number of pyridine rings is 1. The van der Waals surface area contributed by atoms with E-state index in [4.69, 9.17) is 14.2 Å². The summed E-state index contributed by atoms with van der Waals surface area (Å²) in [6.07, 6.45) is 0.108. The first-order valence-corrected chi connectivity index (χ1v) is 11.5. The van der Waals surface area contributed by atoms with E-state index in [-0.39, 0.29) is 36.9 Å². The van der Waals surface area contributed by atoms with Crippen LogP contribution >= 0.6 is 0 Å². The van der Waals surface area contributed by atoms with E-state index in [1.54, 1.807) is 0 Å². The van der Waals surface area contributed by atoms with E-state index in [0.29, 0.717) is 0 Å². The Morgan fingerprint density at radius 1 is 1.03 bits per heavy atom. The molecule has 0 bridgehead atoms. The fourth-order valence-electron chi connectivity index (χ4n) is 4.89. The fourth-order valence-corrected chi connectivity index (χ4v) is 4.89. The molecule has 0 radical (unpaired) electrons. The molecule has 2 aliphatic rings. The molecule has 36 heavy (non-hydrogen) atoms. The first kappa shape index (κ1) is 23.3. The SMILES string of the molecule is COC(=O)c1ccnc(OC2CC(C(=O)O)N(C(=O)OCC3c4ccccc4-c4ccccc43)C2)c1. The molecule has 2 heterocycles. The predicted octanol–water partition coefficient (Wildman–Crippen LogP) is 3.72. The molecule has 2 atom stereocenters. The van der Waals surface area contributed by atoms with Crippen LogP contribution in [0, 0.1) is 0 Å². The summed E-state index contributed by atoms with van der Waals surface area (Å²) in [6, 6.07) is 17.8. The third-order valence-electron chi connectivity index (χ3n) is 6.56. The van der Waals surface area contributed by atoms with E-state index < -0.39 is 30.2 Å². The van der Waals surface area contributed by atoms with Gasteiger partial charge in [0.05, 0.1) is 19.2 Å². The number of hydrogen-bond acceptors (Lipinski definition) is 7. The molecule has 1 amide bonds. The van der Waals surface area contributed by atoms with Crippen molar-refractivity contribution < 1.29 is 33.7 Å². The van der Waals surface area contributed by atoms with Crippen LogP contribution in [-0.2, 0) is 14.3 Å². The van der Waals surface area contributed by atoms with Crippen LogP contribution in [0.2, 0.25) is 0 Å². The maximum absolute atomic E-state index is 13.0. The van der Waals surface area contributed by atoms with Crippen LogP contribution in [0.25, 0.3) is 11.1 Å². The van der Waals surface area contributed by atoms with Gasteiger partial charge in [0, 0.05) is 24.6 Å². The molecular formula is C27H24N2O7. The number of amides is 1. The van der Waals surface area contributed by atoms with Crippen molar-refractivity contribution in [1.29, 1.82) is 0 Å². The molecule has 9 heteroatoms. The number of carbonyl (C=O) groups is 3. The number of fused-ring (bicyclic) bond motifs is 3. The highest BCUT2D eigenvalue weighted by Crippen LogP contribution is 2.44. The van der Waals surface area contributed by atoms with Crippen molar-refractivity contribution in [3.05, 3.63) is 83.6 Å². The Balaban J connectivity index is 1.28. The summed E-state index contributed by atoms with van der Waals surface area (Å²) in [7, 11) is 1.27. The first-order valence-electron chi connectivity index (χ1n) is 11.5. The van der Waals surface area contributed by atoms with Crippen LogP contribution in [0.5, 0.6) is 5.88 Å². The van der Waals surface area contributed by atoms with Gasteiger partial charge in [0.1, 0.15) is 18.8 Å². The molecule has 1 aliphatic carbocycles. The second kappa shape index (κ2) is 9.69. The molecule has 2 unspecified atom stereocenters. The Labute approximate surface area is 207 Å². The summed E-state index contributed by atoms with van der Waals surface area (Å²) in [4.78, 5) is 41.9. The van der Waals surface area contributed by atoms with Crippen molar-refractivity contribution in [2.75, 3.05) is 20.3 Å². The third kappa shape index (κ3) is 4.35. The number of ether oxygens (including phenoxy) is 3. The number of likely N-dealkylation sites (tertiary alicyclic amines) is 1. The smallest absolute Gasteiger partial charge is 0.410 e. The lowest BCUT2D eigenvalue weighted by atomic mass is 9.98. The number of benzene rings is 2. The van der Waals surface area contributed by atoms with Crippen molar-refractivity contribution in [2.45, 2.75) is 24.5 Å². The lowest BCUT2D eigenvalue weighted by Crippen LogP contribution is -2.41. The largest absolute Gasteiger partial charge is 0.480 e. The van der Waals surface area contributed by atoms with Crippen LogP contribution in [0.1, 0.15) is 33.8 Å². The molecule has 1 fully saturated rings. The van der Waals surface area contributed by atoms with Gasteiger partial charge in [-0.25, -0.2) is 19.4 Å². The van der Waals surface area contributed by atoms with Gasteiger partial charge < -0.3 is 19.3 Å². The number of aromatic nitrogens is 1. The second-order valence-corrected chi connectivity index (χ2v) is 8.66. The number of nitrogens with zero attached hydrogens (tertiary/aromatic N) is 2. The molecule has 5 rings (SSSR count). The molecule has 1 N–H and O–H groups in total. The lowest BCUT2D eigenvalue weighted by molar-refractivity contribution is -0.141. The molecule has 2 aromatic carbocycles. The summed E-state index contributed by atoms with van der Waals surface area (Å²) in [5.74, 6) is -1.69. The molecule has 0 spiro atoms. The minimum absolute atomic E-state index is 0.0117. The van der Waals surface area contributed by atoms with Crippen molar-refractivity contribution in [1.82, 2.24) is 9.88 Å². The topological polar surface area (TPSA) is 115 Å². The highest BCUT2D eigenvalue weighted by Gasteiger charge is 2.42. The van der Waals surface area contributed by atoms with Crippen molar-refractivity contribution in [3.63, 3.8) is 0 Å². The van der Waals surface area contributed by atoms with Crippen molar-refractivity contribution >= 4 is 18.0 Å². The van der Waals surface area contributed by atoms with E-state index in [1.807, 2.05) is 48.5 Å². The van der Waals surface area contributed by atoms with Gasteiger partial charge >= 0.3 is 18.0 Å². The molecular weight excluding hydrogens is 464 g/mol. The minimum atomic E-state index is -1.15. The Hall–Kier alpha value is -4.40. The van der Waals surface area contributed by atoms with E-state index in [9.17, 15) is 19.5 Å². The predicted molar refractivity (Wildman–Crippen MR) is 128 cm³/mol. The highest BCUT2D eigenvalue weighted by atomic mass is 16.6. The maximum atomic E-state index is 13.0. The number of aliphatic carboxylic acids is 1. The Morgan fingerprint density at radius 2 is 1.69 bits per heavy atom. The monoisotopic (exact) mass is 488 g/mol. The van der Waals surface area contributed by atoms with Crippen LogP contribution in [0.3, 0.4) is 0 Å². The summed E-state index contributed by atoms with van der Waals surface area (Å²) in [6.45, 7) is 0.0989. The van der Waals surface area contributed by atoms with Gasteiger partial charge in [-0.3, -0.25) is 4.90 Å². The van der Waals surface area contributed by atoms with Crippen molar-refractivity contribution in [3.8, 4) is 17.0 Å². The highest BCUT2D eigenvalue weighted by molar-refractivity contribution is 5.89. The third-order valence-corrected chi connectivity index (χ3v) is 6.56. The summed E-state index contributed by atoms with van der Waals surface area (Å²) < 4.78 is 16.2. The van der Waals surface area contributed by atoms with E-state index in [1.165, 1.54) is 30.3 Å².